The molecule has 0 radical (unpaired) electrons. The Balaban J connectivity index is 1.90. The van der Waals surface area contributed by atoms with Gasteiger partial charge in [0.1, 0.15) is 5.82 Å². The predicted octanol–water partition coefficient (Wildman–Crippen LogP) is 4.14. The maximum Gasteiger partial charge on any atom is 0.123 e. The van der Waals surface area contributed by atoms with E-state index in [0.29, 0.717) is 12.2 Å². The molecule has 0 spiro atoms. The maximum atomic E-state index is 13.2. The number of halogens is 1. The Morgan fingerprint density at radius 1 is 1.10 bits per heavy atom. The van der Waals surface area contributed by atoms with Gasteiger partial charge in [-0.1, -0.05) is 23.8 Å². The summed E-state index contributed by atoms with van der Waals surface area (Å²) in [6, 6.07) is 12.9. The molecule has 2 aromatic rings. The van der Waals surface area contributed by atoms with E-state index in [-0.39, 0.29) is 5.82 Å². The number of benzene rings is 2. The highest BCUT2D eigenvalue weighted by Gasteiger charge is 2.09. The normalized spacial score (nSPS) is 12.4. The molecule has 0 fully saturated rings. The summed E-state index contributed by atoms with van der Waals surface area (Å²) < 4.78 is 13.2. The van der Waals surface area contributed by atoms with E-state index in [2.05, 4.69) is 31.2 Å². The van der Waals surface area contributed by atoms with Crippen molar-refractivity contribution in [1.29, 1.82) is 0 Å². The highest BCUT2D eigenvalue weighted by Crippen LogP contribution is 2.21. The van der Waals surface area contributed by atoms with Gasteiger partial charge in [0.2, 0.25) is 0 Å². The van der Waals surface area contributed by atoms with E-state index in [0.717, 1.165) is 16.0 Å². The fraction of sp³-hybridized carbons (Fsp3) is 0.294. The number of thioether (sulfide) groups is 1. The lowest BCUT2D eigenvalue weighted by Crippen LogP contribution is -2.14. The van der Waals surface area contributed by atoms with E-state index in [9.17, 15) is 9.50 Å². The first-order chi connectivity index (χ1) is 9.54. The molecular weight excluding hydrogens is 271 g/mol. The molecular formula is C17H19FOS. The van der Waals surface area contributed by atoms with Gasteiger partial charge in [-0.05, 0) is 55.7 Å². The van der Waals surface area contributed by atoms with Crippen molar-refractivity contribution in [2.75, 3.05) is 5.75 Å². The van der Waals surface area contributed by atoms with E-state index in [1.54, 1.807) is 17.8 Å². The molecule has 20 heavy (non-hydrogen) atoms. The van der Waals surface area contributed by atoms with Gasteiger partial charge >= 0.3 is 0 Å². The van der Waals surface area contributed by atoms with E-state index in [1.807, 2.05) is 6.92 Å². The minimum absolute atomic E-state index is 0.246. The van der Waals surface area contributed by atoms with E-state index < -0.39 is 6.10 Å². The first kappa shape index (κ1) is 15.1. The molecule has 0 amide bonds. The lowest BCUT2D eigenvalue weighted by Gasteiger charge is -2.12. The van der Waals surface area contributed by atoms with Gasteiger partial charge in [-0.2, -0.15) is 0 Å². The molecule has 1 atom stereocenters. The second-order valence-electron chi connectivity index (χ2n) is 5.05. The summed E-state index contributed by atoms with van der Waals surface area (Å²) in [6.07, 6.45) is 0.0180. The summed E-state index contributed by atoms with van der Waals surface area (Å²) in [5.74, 6) is 0.364. The van der Waals surface area contributed by atoms with Crippen LogP contribution in [0.5, 0.6) is 0 Å². The van der Waals surface area contributed by atoms with Gasteiger partial charge < -0.3 is 5.11 Å². The molecule has 0 heterocycles. The highest BCUT2D eigenvalue weighted by molar-refractivity contribution is 7.99. The van der Waals surface area contributed by atoms with Crippen LogP contribution in [-0.4, -0.2) is 17.0 Å². The van der Waals surface area contributed by atoms with Crippen LogP contribution in [0.4, 0.5) is 4.39 Å². The average Bonchev–Trinajstić information content (AvgIpc) is 2.42. The highest BCUT2D eigenvalue weighted by atomic mass is 32.2. The summed E-state index contributed by atoms with van der Waals surface area (Å²) in [5.41, 5.74) is 3.12. The van der Waals surface area contributed by atoms with Gasteiger partial charge in [-0.25, -0.2) is 4.39 Å². The van der Waals surface area contributed by atoms with Crippen LogP contribution in [0.15, 0.2) is 47.4 Å². The lowest BCUT2D eigenvalue weighted by molar-refractivity contribution is 0.200. The van der Waals surface area contributed by atoms with Crippen molar-refractivity contribution < 1.29 is 9.50 Å². The molecule has 0 saturated carbocycles. The van der Waals surface area contributed by atoms with E-state index >= 15 is 0 Å². The number of hydrogen-bond donors (Lipinski definition) is 1. The summed E-state index contributed by atoms with van der Waals surface area (Å²) in [6.45, 7) is 3.99. The van der Waals surface area contributed by atoms with Gasteiger partial charge in [-0.15, -0.1) is 11.8 Å². The Morgan fingerprint density at radius 3 is 2.50 bits per heavy atom. The molecule has 3 heteroatoms. The Labute approximate surface area is 123 Å². The third-order valence-electron chi connectivity index (χ3n) is 3.23. The van der Waals surface area contributed by atoms with Crippen LogP contribution in [0, 0.1) is 19.7 Å². The van der Waals surface area contributed by atoms with Crippen LogP contribution in [0.2, 0.25) is 0 Å². The fourth-order valence-electron chi connectivity index (χ4n) is 2.00. The summed E-state index contributed by atoms with van der Waals surface area (Å²) in [4.78, 5) is 1.14. The van der Waals surface area contributed by atoms with Crippen molar-refractivity contribution in [3.05, 3.63) is 65.0 Å². The zero-order valence-electron chi connectivity index (χ0n) is 11.8. The van der Waals surface area contributed by atoms with Gasteiger partial charge in [0, 0.05) is 10.6 Å². The molecule has 0 aliphatic heterocycles. The van der Waals surface area contributed by atoms with Crippen LogP contribution >= 0.6 is 11.8 Å². The monoisotopic (exact) mass is 290 g/mol. The molecule has 0 aromatic heterocycles. The smallest absolute Gasteiger partial charge is 0.123 e. The molecule has 0 saturated heterocycles. The first-order valence-corrected chi connectivity index (χ1v) is 7.66. The van der Waals surface area contributed by atoms with Crippen LogP contribution in [-0.2, 0) is 6.42 Å². The Hall–Kier alpha value is -1.32. The molecule has 0 aliphatic carbocycles. The summed E-state index contributed by atoms with van der Waals surface area (Å²) in [7, 11) is 0. The number of aliphatic hydroxyl groups is 1. The van der Waals surface area contributed by atoms with Gasteiger partial charge in [0.25, 0.3) is 0 Å². The van der Waals surface area contributed by atoms with Crippen molar-refractivity contribution in [3.63, 3.8) is 0 Å². The number of rotatable bonds is 5. The van der Waals surface area contributed by atoms with Crippen LogP contribution in [0.25, 0.3) is 0 Å². The van der Waals surface area contributed by atoms with Crippen LogP contribution < -0.4 is 0 Å². The van der Waals surface area contributed by atoms with Crippen LogP contribution in [0.3, 0.4) is 0 Å². The quantitative estimate of drug-likeness (QED) is 0.835. The fourth-order valence-corrected chi connectivity index (χ4v) is 2.83. The second-order valence-corrected chi connectivity index (χ2v) is 6.15. The lowest BCUT2D eigenvalue weighted by atomic mass is 10.0. The standard InChI is InChI=1S/C17H19FOS/c1-12-3-7-17(8-4-12)20-11-16(19)10-14-9-15(18)6-5-13(14)2/h3-9,16,19H,10-11H2,1-2H3. The molecule has 106 valence electrons. The zero-order valence-corrected chi connectivity index (χ0v) is 12.6. The van der Waals surface area contributed by atoms with E-state index in [1.165, 1.54) is 17.7 Å². The molecule has 2 aromatic carbocycles. The topological polar surface area (TPSA) is 20.2 Å². The molecule has 1 unspecified atom stereocenters. The predicted molar refractivity (Wildman–Crippen MR) is 82.8 cm³/mol. The first-order valence-electron chi connectivity index (χ1n) is 6.67. The van der Waals surface area contributed by atoms with Crippen LogP contribution in [0.1, 0.15) is 16.7 Å². The Bertz CT molecular complexity index is 566. The third-order valence-corrected chi connectivity index (χ3v) is 4.39. The van der Waals surface area contributed by atoms with Gasteiger partial charge in [0.15, 0.2) is 0 Å². The minimum atomic E-state index is -0.471. The summed E-state index contributed by atoms with van der Waals surface area (Å²) in [5, 5.41) is 10.1. The number of aryl methyl sites for hydroxylation is 2. The van der Waals surface area contributed by atoms with Crippen molar-refractivity contribution in [2.45, 2.75) is 31.3 Å². The Kier molecular flexibility index (Phi) is 5.21. The summed E-state index contributed by atoms with van der Waals surface area (Å²) >= 11 is 1.62. The van der Waals surface area contributed by atoms with Gasteiger partial charge in [-0.3, -0.25) is 0 Å². The second kappa shape index (κ2) is 6.91. The average molecular weight is 290 g/mol. The Morgan fingerprint density at radius 2 is 1.80 bits per heavy atom. The van der Waals surface area contributed by atoms with Crippen molar-refractivity contribution in [1.82, 2.24) is 0 Å². The largest absolute Gasteiger partial charge is 0.392 e. The van der Waals surface area contributed by atoms with Crippen molar-refractivity contribution in [2.24, 2.45) is 0 Å². The minimum Gasteiger partial charge on any atom is -0.392 e. The number of aliphatic hydroxyl groups excluding tert-OH is 1. The van der Waals surface area contributed by atoms with E-state index in [4.69, 9.17) is 0 Å². The molecule has 1 nitrogen and oxygen atoms in total. The molecule has 0 aliphatic rings. The molecule has 2 rings (SSSR count). The molecule has 1 N–H and O–H groups in total. The molecule has 0 bridgehead atoms. The number of hydrogen-bond acceptors (Lipinski definition) is 2. The van der Waals surface area contributed by atoms with Gasteiger partial charge in [0.05, 0.1) is 6.10 Å². The SMILES string of the molecule is Cc1ccc(SCC(O)Cc2cc(F)ccc2C)cc1. The maximum absolute atomic E-state index is 13.2. The third kappa shape index (κ3) is 4.36. The van der Waals surface area contributed by atoms with Crippen molar-refractivity contribution in [3.8, 4) is 0 Å². The zero-order chi connectivity index (χ0) is 14.5. The van der Waals surface area contributed by atoms with Crippen molar-refractivity contribution >= 4 is 11.8 Å².